The van der Waals surface area contributed by atoms with Crippen molar-refractivity contribution in [2.75, 3.05) is 36.5 Å². The number of nitrogens with one attached hydrogen (secondary N) is 1. The van der Waals surface area contributed by atoms with Crippen LogP contribution in [0.4, 0.5) is 11.5 Å². The van der Waals surface area contributed by atoms with Crippen LogP contribution in [0.1, 0.15) is 18.3 Å². The molecule has 2 aromatic heterocycles. The quantitative estimate of drug-likeness (QED) is 0.735. The molecule has 1 aromatic carbocycles. The number of ether oxygens (including phenoxy) is 1. The predicted octanol–water partition coefficient (Wildman–Crippen LogP) is 2.74. The highest BCUT2D eigenvalue weighted by atomic mass is 16.5. The maximum atomic E-state index is 11.6. The average molecular weight is 392 g/mol. The molecule has 1 saturated heterocycles. The van der Waals surface area contributed by atoms with Gasteiger partial charge in [-0.3, -0.25) is 4.79 Å². The van der Waals surface area contributed by atoms with Gasteiger partial charge in [0.25, 0.3) is 5.95 Å². The van der Waals surface area contributed by atoms with Crippen molar-refractivity contribution in [3.05, 3.63) is 47.8 Å². The third kappa shape index (κ3) is 4.27. The van der Waals surface area contributed by atoms with Crippen molar-refractivity contribution in [3.63, 3.8) is 0 Å². The number of amides is 1. The van der Waals surface area contributed by atoms with E-state index in [-0.39, 0.29) is 5.91 Å². The summed E-state index contributed by atoms with van der Waals surface area (Å²) in [6, 6.07) is 12.0. The summed E-state index contributed by atoms with van der Waals surface area (Å²) < 4.78 is 7.14. The van der Waals surface area contributed by atoms with Crippen molar-refractivity contribution in [1.29, 1.82) is 0 Å². The maximum absolute atomic E-state index is 11.6. The van der Waals surface area contributed by atoms with Gasteiger partial charge in [0.1, 0.15) is 5.82 Å². The lowest BCUT2D eigenvalue weighted by molar-refractivity contribution is -0.114. The van der Waals surface area contributed by atoms with Crippen molar-refractivity contribution in [1.82, 2.24) is 19.7 Å². The number of hydrogen-bond acceptors (Lipinski definition) is 6. The lowest BCUT2D eigenvalue weighted by Crippen LogP contribution is -2.36. The van der Waals surface area contributed by atoms with E-state index in [4.69, 9.17) is 9.72 Å². The van der Waals surface area contributed by atoms with Gasteiger partial charge in [-0.2, -0.15) is 10.1 Å². The van der Waals surface area contributed by atoms with Gasteiger partial charge in [-0.25, -0.2) is 9.67 Å². The van der Waals surface area contributed by atoms with Crippen LogP contribution in [0, 0.1) is 13.8 Å². The number of morpholine rings is 1. The first kappa shape index (κ1) is 19.1. The van der Waals surface area contributed by atoms with E-state index in [0.29, 0.717) is 11.8 Å². The number of nitrogens with zero attached hydrogens (tertiary/aromatic N) is 5. The second-order valence-corrected chi connectivity index (χ2v) is 7.11. The Morgan fingerprint density at radius 1 is 1.10 bits per heavy atom. The van der Waals surface area contributed by atoms with E-state index >= 15 is 0 Å². The molecule has 8 heteroatoms. The third-order valence-electron chi connectivity index (χ3n) is 4.74. The topological polar surface area (TPSA) is 85.2 Å². The molecule has 3 heterocycles. The SMILES string of the molecule is CC(=O)Nc1cc(-c2cccc(N3CCOCC3)c2)nc(-n2nc(C)cc2C)n1. The van der Waals surface area contributed by atoms with Crippen molar-refractivity contribution in [3.8, 4) is 17.2 Å². The second kappa shape index (κ2) is 8.00. The van der Waals surface area contributed by atoms with Crippen LogP contribution in [-0.2, 0) is 9.53 Å². The molecule has 1 amide bonds. The van der Waals surface area contributed by atoms with Gasteiger partial charge in [-0.1, -0.05) is 12.1 Å². The first-order valence-corrected chi connectivity index (χ1v) is 9.63. The van der Waals surface area contributed by atoms with Gasteiger partial charge in [0.2, 0.25) is 5.91 Å². The Morgan fingerprint density at radius 2 is 1.90 bits per heavy atom. The van der Waals surface area contributed by atoms with Crippen LogP contribution >= 0.6 is 0 Å². The largest absolute Gasteiger partial charge is 0.378 e. The molecule has 0 spiro atoms. The summed E-state index contributed by atoms with van der Waals surface area (Å²) in [6.07, 6.45) is 0. The predicted molar refractivity (Wildman–Crippen MR) is 111 cm³/mol. The minimum absolute atomic E-state index is 0.184. The van der Waals surface area contributed by atoms with E-state index in [9.17, 15) is 4.79 Å². The fourth-order valence-corrected chi connectivity index (χ4v) is 3.44. The Bertz CT molecular complexity index is 1040. The van der Waals surface area contributed by atoms with Crippen LogP contribution in [0.2, 0.25) is 0 Å². The van der Waals surface area contributed by atoms with Crippen molar-refractivity contribution >= 4 is 17.4 Å². The lowest BCUT2D eigenvalue weighted by atomic mass is 10.1. The third-order valence-corrected chi connectivity index (χ3v) is 4.74. The van der Waals surface area contributed by atoms with Crippen LogP contribution in [-0.4, -0.2) is 52.0 Å². The summed E-state index contributed by atoms with van der Waals surface area (Å²) in [5, 5.41) is 7.25. The molecular weight excluding hydrogens is 368 g/mol. The van der Waals surface area contributed by atoms with Crippen molar-refractivity contribution in [2.24, 2.45) is 0 Å². The number of carbonyl (C=O) groups is 1. The fourth-order valence-electron chi connectivity index (χ4n) is 3.44. The fraction of sp³-hybridized carbons (Fsp3) is 0.333. The van der Waals surface area contributed by atoms with Crippen molar-refractivity contribution < 1.29 is 9.53 Å². The van der Waals surface area contributed by atoms with E-state index in [1.165, 1.54) is 6.92 Å². The van der Waals surface area contributed by atoms with E-state index in [1.807, 2.05) is 32.0 Å². The first-order valence-electron chi connectivity index (χ1n) is 9.63. The molecule has 8 nitrogen and oxygen atoms in total. The molecule has 0 radical (unpaired) electrons. The molecule has 0 bridgehead atoms. The summed E-state index contributed by atoms with van der Waals surface area (Å²) in [4.78, 5) is 23.1. The molecule has 1 N–H and O–H groups in total. The number of carbonyl (C=O) groups excluding carboxylic acids is 1. The van der Waals surface area contributed by atoms with Crippen LogP contribution in [0.3, 0.4) is 0 Å². The molecule has 0 atom stereocenters. The monoisotopic (exact) mass is 392 g/mol. The summed E-state index contributed by atoms with van der Waals surface area (Å²) in [5.41, 5.74) is 4.60. The molecule has 0 unspecified atom stereocenters. The van der Waals surface area contributed by atoms with Gasteiger partial charge in [0.05, 0.1) is 24.6 Å². The van der Waals surface area contributed by atoms with E-state index < -0.39 is 0 Å². The number of benzene rings is 1. The summed E-state index contributed by atoms with van der Waals surface area (Å²) in [7, 11) is 0. The number of anilines is 2. The molecule has 1 aliphatic rings. The van der Waals surface area contributed by atoms with E-state index in [1.54, 1.807) is 10.7 Å². The molecule has 0 saturated carbocycles. The van der Waals surface area contributed by atoms with Crippen LogP contribution < -0.4 is 10.2 Å². The van der Waals surface area contributed by atoms with Crippen LogP contribution in [0.25, 0.3) is 17.2 Å². The molecule has 3 aromatic rings. The molecule has 1 fully saturated rings. The molecule has 150 valence electrons. The Balaban J connectivity index is 1.77. The molecule has 29 heavy (non-hydrogen) atoms. The zero-order valence-corrected chi connectivity index (χ0v) is 16.8. The van der Waals surface area contributed by atoms with Gasteiger partial charge >= 0.3 is 0 Å². The van der Waals surface area contributed by atoms with Crippen molar-refractivity contribution in [2.45, 2.75) is 20.8 Å². The number of rotatable bonds is 4. The minimum Gasteiger partial charge on any atom is -0.378 e. The van der Waals surface area contributed by atoms with Gasteiger partial charge in [-0.15, -0.1) is 0 Å². The van der Waals surface area contributed by atoms with Gasteiger partial charge in [0, 0.05) is 43.0 Å². The summed E-state index contributed by atoms with van der Waals surface area (Å²) >= 11 is 0. The highest BCUT2D eigenvalue weighted by molar-refractivity contribution is 5.88. The minimum atomic E-state index is -0.184. The van der Waals surface area contributed by atoms with Gasteiger partial charge in [0.15, 0.2) is 0 Å². The average Bonchev–Trinajstić information content (AvgIpc) is 3.06. The molecule has 4 rings (SSSR count). The zero-order chi connectivity index (χ0) is 20.4. The Morgan fingerprint density at radius 3 is 2.59 bits per heavy atom. The standard InChI is InChI=1S/C21H24N6O2/c1-14-11-15(2)27(25-14)21-23-19(13-20(24-21)22-16(3)28)17-5-4-6-18(12-17)26-7-9-29-10-8-26/h4-6,11-13H,7-10H2,1-3H3,(H,22,23,24,28). The first-order chi connectivity index (χ1) is 14.0. The zero-order valence-electron chi connectivity index (χ0n) is 16.8. The normalized spacial score (nSPS) is 14.1. The highest BCUT2D eigenvalue weighted by Gasteiger charge is 2.15. The number of aromatic nitrogens is 4. The number of aryl methyl sites for hydroxylation is 2. The van der Waals surface area contributed by atoms with Crippen LogP contribution in [0.5, 0.6) is 0 Å². The highest BCUT2D eigenvalue weighted by Crippen LogP contribution is 2.26. The number of hydrogen-bond donors (Lipinski definition) is 1. The van der Waals surface area contributed by atoms with Gasteiger partial charge < -0.3 is 15.0 Å². The lowest BCUT2D eigenvalue weighted by Gasteiger charge is -2.29. The Labute approximate surface area is 169 Å². The van der Waals surface area contributed by atoms with Gasteiger partial charge in [-0.05, 0) is 32.0 Å². The molecule has 1 aliphatic heterocycles. The Kier molecular flexibility index (Phi) is 5.26. The van der Waals surface area contributed by atoms with E-state index in [2.05, 4.69) is 32.4 Å². The summed E-state index contributed by atoms with van der Waals surface area (Å²) in [6.45, 7) is 8.52. The summed E-state index contributed by atoms with van der Waals surface area (Å²) in [5.74, 6) is 0.687. The Hall–Kier alpha value is -3.26. The molecule has 0 aliphatic carbocycles. The smallest absolute Gasteiger partial charge is 0.253 e. The van der Waals surface area contributed by atoms with E-state index in [0.717, 1.165) is 54.6 Å². The van der Waals surface area contributed by atoms with Crippen LogP contribution in [0.15, 0.2) is 36.4 Å². The maximum Gasteiger partial charge on any atom is 0.253 e. The second-order valence-electron chi connectivity index (χ2n) is 7.11. The molecular formula is C21H24N6O2.